The Hall–Kier alpha value is -0.210. The van der Waals surface area contributed by atoms with Crippen molar-refractivity contribution >= 4 is 0 Å². The number of alkyl halides is 3. The van der Waals surface area contributed by atoms with Crippen LogP contribution in [0.3, 0.4) is 0 Å². The molecule has 0 bridgehead atoms. The van der Waals surface area contributed by atoms with Crippen molar-refractivity contribution < 1.29 is 13.2 Å². The van der Waals surface area contributed by atoms with Gasteiger partial charge >= 0.3 is 6.18 Å². The predicted octanol–water partition coefficient (Wildman–Crippen LogP) is 7.62. The number of rotatable bonds is 3. The SMILES string of the molecule is CC[C@H]1CC[C@@H]2C3CC[C@]4(C)C(CCC(F)(F)F)CCC4[C@@H]3CC[C@@H]2C1. The molecule has 3 heteroatoms. The molecule has 4 aliphatic carbocycles. The van der Waals surface area contributed by atoms with Crippen LogP contribution in [0.15, 0.2) is 0 Å². The average Bonchev–Trinajstić information content (AvgIpc) is 2.95. The molecule has 26 heavy (non-hydrogen) atoms. The molecule has 150 valence electrons. The van der Waals surface area contributed by atoms with Crippen LogP contribution in [0.4, 0.5) is 13.2 Å². The van der Waals surface area contributed by atoms with Crippen LogP contribution in [0.25, 0.3) is 0 Å². The van der Waals surface area contributed by atoms with Crippen molar-refractivity contribution in [2.24, 2.45) is 46.8 Å². The highest BCUT2D eigenvalue weighted by Gasteiger charge is 2.56. The normalized spacial score (nSPS) is 48.6. The largest absolute Gasteiger partial charge is 0.389 e. The lowest BCUT2D eigenvalue weighted by atomic mass is 9.49. The van der Waals surface area contributed by atoms with E-state index in [0.717, 1.165) is 36.0 Å². The molecule has 0 radical (unpaired) electrons. The van der Waals surface area contributed by atoms with E-state index in [9.17, 15) is 13.2 Å². The second-order valence-corrected chi connectivity index (χ2v) is 10.5. The monoisotopic (exact) mass is 370 g/mol. The Balaban J connectivity index is 1.44. The van der Waals surface area contributed by atoms with Crippen LogP contribution in [-0.2, 0) is 0 Å². The zero-order chi connectivity index (χ0) is 18.5. The van der Waals surface area contributed by atoms with Gasteiger partial charge in [-0.15, -0.1) is 0 Å². The van der Waals surface area contributed by atoms with Crippen molar-refractivity contribution in [3.8, 4) is 0 Å². The molecule has 8 atom stereocenters. The minimum absolute atomic E-state index is 0.194. The van der Waals surface area contributed by atoms with Crippen molar-refractivity contribution in [1.82, 2.24) is 0 Å². The maximum Gasteiger partial charge on any atom is 0.389 e. The first-order valence-corrected chi connectivity index (χ1v) is 11.4. The quantitative estimate of drug-likeness (QED) is 0.479. The summed E-state index contributed by atoms with van der Waals surface area (Å²) in [6.07, 6.45) is 9.01. The molecular weight excluding hydrogens is 333 g/mol. The third kappa shape index (κ3) is 3.34. The predicted molar refractivity (Wildman–Crippen MR) is 99.7 cm³/mol. The minimum atomic E-state index is -3.98. The number of halogens is 3. The van der Waals surface area contributed by atoms with Gasteiger partial charge in [-0.2, -0.15) is 13.2 Å². The molecule has 0 saturated heterocycles. The summed E-state index contributed by atoms with van der Waals surface area (Å²) in [4.78, 5) is 0. The lowest BCUT2D eigenvalue weighted by Gasteiger charge is -2.56. The summed E-state index contributed by atoms with van der Waals surface area (Å²) in [7, 11) is 0. The molecule has 0 aromatic carbocycles. The van der Waals surface area contributed by atoms with Gasteiger partial charge < -0.3 is 0 Å². The second-order valence-electron chi connectivity index (χ2n) is 10.5. The molecule has 0 aromatic heterocycles. The Morgan fingerprint density at radius 1 is 0.885 bits per heavy atom. The summed E-state index contributed by atoms with van der Waals surface area (Å²) in [5.74, 6) is 5.60. The third-order valence-electron chi connectivity index (χ3n) is 9.61. The zero-order valence-electron chi connectivity index (χ0n) is 16.7. The molecule has 4 aliphatic rings. The molecular formula is C23H37F3. The van der Waals surface area contributed by atoms with Gasteiger partial charge in [0.25, 0.3) is 0 Å². The van der Waals surface area contributed by atoms with Crippen LogP contribution in [0.2, 0.25) is 0 Å². The van der Waals surface area contributed by atoms with Gasteiger partial charge in [0, 0.05) is 6.42 Å². The first kappa shape index (κ1) is 19.1. The van der Waals surface area contributed by atoms with Crippen molar-refractivity contribution in [2.75, 3.05) is 0 Å². The molecule has 0 aliphatic heterocycles. The van der Waals surface area contributed by atoms with E-state index in [1.165, 1.54) is 57.8 Å². The highest BCUT2D eigenvalue weighted by molar-refractivity contribution is 5.06. The van der Waals surface area contributed by atoms with E-state index in [0.29, 0.717) is 18.3 Å². The van der Waals surface area contributed by atoms with Gasteiger partial charge in [0.1, 0.15) is 0 Å². The Kier molecular flexibility index (Phi) is 5.14. The summed E-state index contributed by atoms with van der Waals surface area (Å²) in [5.41, 5.74) is 0.194. The van der Waals surface area contributed by atoms with Gasteiger partial charge in [0.2, 0.25) is 0 Å². The van der Waals surface area contributed by atoms with E-state index in [1.807, 2.05) is 0 Å². The fraction of sp³-hybridized carbons (Fsp3) is 1.00. The van der Waals surface area contributed by atoms with Gasteiger partial charge in [0.15, 0.2) is 0 Å². The zero-order valence-corrected chi connectivity index (χ0v) is 16.7. The Bertz CT molecular complexity index is 498. The van der Waals surface area contributed by atoms with Gasteiger partial charge in [0.05, 0.1) is 0 Å². The average molecular weight is 371 g/mol. The molecule has 0 spiro atoms. The van der Waals surface area contributed by atoms with Crippen molar-refractivity contribution in [2.45, 2.75) is 97.1 Å². The summed E-state index contributed by atoms with van der Waals surface area (Å²) < 4.78 is 38.3. The van der Waals surface area contributed by atoms with Crippen LogP contribution < -0.4 is 0 Å². The first-order valence-electron chi connectivity index (χ1n) is 11.4. The van der Waals surface area contributed by atoms with Gasteiger partial charge in [-0.05, 0) is 105 Å². The fourth-order valence-corrected chi connectivity index (χ4v) is 8.24. The van der Waals surface area contributed by atoms with E-state index in [1.54, 1.807) is 0 Å². The highest BCUT2D eigenvalue weighted by Crippen LogP contribution is 2.65. The summed E-state index contributed by atoms with van der Waals surface area (Å²) >= 11 is 0. The van der Waals surface area contributed by atoms with Crippen LogP contribution in [-0.4, -0.2) is 6.18 Å². The van der Waals surface area contributed by atoms with E-state index >= 15 is 0 Å². The summed E-state index contributed by atoms with van der Waals surface area (Å²) in [6.45, 7) is 4.71. The van der Waals surface area contributed by atoms with Crippen molar-refractivity contribution in [3.05, 3.63) is 0 Å². The second kappa shape index (κ2) is 6.99. The van der Waals surface area contributed by atoms with Crippen LogP contribution in [0, 0.1) is 46.8 Å². The molecule has 4 rings (SSSR count). The van der Waals surface area contributed by atoms with E-state index < -0.39 is 12.6 Å². The smallest absolute Gasteiger partial charge is 0.171 e. The Labute approximate surface area is 157 Å². The lowest BCUT2D eigenvalue weighted by Crippen LogP contribution is -2.48. The minimum Gasteiger partial charge on any atom is -0.171 e. The van der Waals surface area contributed by atoms with Gasteiger partial charge in [-0.1, -0.05) is 26.7 Å². The maximum absolute atomic E-state index is 12.8. The molecule has 0 heterocycles. The summed E-state index contributed by atoms with van der Waals surface area (Å²) in [6, 6.07) is 0. The topological polar surface area (TPSA) is 0 Å². The molecule has 4 saturated carbocycles. The fourth-order valence-electron chi connectivity index (χ4n) is 8.24. The van der Waals surface area contributed by atoms with E-state index in [4.69, 9.17) is 0 Å². The standard InChI is InChI=1S/C23H37F3/c1-3-15-4-7-18-16(14-15)5-8-20-19(18)11-12-22(2)17(6-9-21(20)22)10-13-23(24,25)26/h15-21H,3-14H2,1-2H3/t15-,16+,17?,18-,19?,20+,21?,22+/m0/s1. The van der Waals surface area contributed by atoms with Gasteiger partial charge in [-0.3, -0.25) is 0 Å². The number of hydrogen-bond donors (Lipinski definition) is 0. The molecule has 0 nitrogen and oxygen atoms in total. The lowest BCUT2D eigenvalue weighted by molar-refractivity contribution is -0.141. The van der Waals surface area contributed by atoms with E-state index in [2.05, 4.69) is 13.8 Å². The van der Waals surface area contributed by atoms with Crippen LogP contribution >= 0.6 is 0 Å². The van der Waals surface area contributed by atoms with Crippen LogP contribution in [0.5, 0.6) is 0 Å². The molecule has 0 aromatic rings. The maximum atomic E-state index is 12.8. The Morgan fingerprint density at radius 3 is 2.38 bits per heavy atom. The van der Waals surface area contributed by atoms with Crippen molar-refractivity contribution in [3.63, 3.8) is 0 Å². The number of hydrogen-bond acceptors (Lipinski definition) is 0. The number of fused-ring (bicyclic) bond motifs is 5. The highest BCUT2D eigenvalue weighted by atomic mass is 19.4. The molecule has 0 amide bonds. The molecule has 0 N–H and O–H groups in total. The molecule has 4 fully saturated rings. The third-order valence-corrected chi connectivity index (χ3v) is 9.61. The summed E-state index contributed by atoms with van der Waals surface area (Å²) in [5, 5.41) is 0. The van der Waals surface area contributed by atoms with E-state index in [-0.39, 0.29) is 5.41 Å². The van der Waals surface area contributed by atoms with Crippen LogP contribution in [0.1, 0.15) is 90.9 Å². The molecule has 3 unspecified atom stereocenters. The van der Waals surface area contributed by atoms with Gasteiger partial charge in [-0.25, -0.2) is 0 Å². The van der Waals surface area contributed by atoms with Crippen molar-refractivity contribution in [1.29, 1.82) is 0 Å². The first-order chi connectivity index (χ1) is 12.3. The Morgan fingerprint density at radius 2 is 1.65 bits per heavy atom.